The van der Waals surface area contributed by atoms with Crippen molar-refractivity contribution in [1.29, 1.82) is 0 Å². The maximum Gasteiger partial charge on any atom is 0.417 e. The van der Waals surface area contributed by atoms with E-state index >= 15 is 0 Å². The number of rotatable bonds is 4. The van der Waals surface area contributed by atoms with Crippen molar-refractivity contribution >= 4 is 17.5 Å². The number of aromatic amines is 1. The van der Waals surface area contributed by atoms with Crippen LogP contribution in [0.3, 0.4) is 0 Å². The Morgan fingerprint density at radius 3 is 2.76 bits per heavy atom. The predicted octanol–water partition coefficient (Wildman–Crippen LogP) is 3.84. The van der Waals surface area contributed by atoms with Gasteiger partial charge in [-0.3, -0.25) is 10.00 Å². The van der Waals surface area contributed by atoms with Gasteiger partial charge in [-0.05, 0) is 36.8 Å². The number of nitrogens with zero attached hydrogens (tertiary/aromatic N) is 4. The van der Waals surface area contributed by atoms with Gasteiger partial charge in [0.2, 0.25) is 0 Å². The fourth-order valence-corrected chi connectivity index (χ4v) is 4.52. The molecule has 0 radical (unpaired) electrons. The lowest BCUT2D eigenvalue weighted by Gasteiger charge is -2.40. The van der Waals surface area contributed by atoms with Crippen LogP contribution in [0.1, 0.15) is 23.6 Å². The summed E-state index contributed by atoms with van der Waals surface area (Å²) in [5, 5.41) is 13.0. The van der Waals surface area contributed by atoms with Gasteiger partial charge in [-0.1, -0.05) is 6.07 Å². The number of H-pyrrole nitrogens is 1. The van der Waals surface area contributed by atoms with Crippen molar-refractivity contribution in [2.45, 2.75) is 32.2 Å². The topological polar surface area (TPSA) is 89.2 Å². The largest absolute Gasteiger partial charge is 0.417 e. The lowest BCUT2D eigenvalue weighted by atomic mass is 10.0. The molecule has 3 aromatic rings. The van der Waals surface area contributed by atoms with E-state index in [0.29, 0.717) is 25.5 Å². The zero-order valence-electron chi connectivity index (χ0n) is 18.5. The molecule has 34 heavy (non-hydrogen) atoms. The molecule has 0 aliphatic carbocycles. The summed E-state index contributed by atoms with van der Waals surface area (Å²) in [7, 11) is 0. The van der Waals surface area contributed by atoms with Crippen molar-refractivity contribution in [3.05, 3.63) is 59.4 Å². The SMILES string of the molecule is C[C@@H]1CN(Cc2c[nH]nc2-c2ccc3c(c2)CNC(=O)N3)CCN1c1ccc(C(F)(F)F)cn1. The average Bonchev–Trinajstić information content (AvgIpc) is 3.26. The Morgan fingerprint density at radius 2 is 2.03 bits per heavy atom. The van der Waals surface area contributed by atoms with Crippen molar-refractivity contribution in [3.63, 3.8) is 0 Å². The molecular weight excluding hydrogens is 447 g/mol. The molecule has 11 heteroatoms. The molecule has 1 atom stereocenters. The summed E-state index contributed by atoms with van der Waals surface area (Å²) >= 11 is 0. The third-order valence-electron chi connectivity index (χ3n) is 6.26. The van der Waals surface area contributed by atoms with Gasteiger partial charge in [-0.2, -0.15) is 18.3 Å². The van der Waals surface area contributed by atoms with Gasteiger partial charge in [-0.15, -0.1) is 0 Å². The number of piperazine rings is 1. The first-order valence-electron chi connectivity index (χ1n) is 11.0. The molecule has 2 aromatic heterocycles. The zero-order valence-corrected chi connectivity index (χ0v) is 18.5. The van der Waals surface area contributed by atoms with Crippen molar-refractivity contribution in [2.24, 2.45) is 0 Å². The Morgan fingerprint density at radius 1 is 1.18 bits per heavy atom. The third-order valence-corrected chi connectivity index (χ3v) is 6.26. The number of pyridine rings is 1. The second-order valence-corrected chi connectivity index (χ2v) is 8.62. The Labute approximate surface area is 194 Å². The highest BCUT2D eigenvalue weighted by atomic mass is 19.4. The van der Waals surface area contributed by atoms with Crippen molar-refractivity contribution in [1.82, 2.24) is 25.4 Å². The number of halogens is 3. The number of alkyl halides is 3. The molecule has 1 fully saturated rings. The molecule has 5 rings (SSSR count). The molecule has 0 unspecified atom stereocenters. The van der Waals surface area contributed by atoms with E-state index in [4.69, 9.17) is 0 Å². The number of carbonyl (C=O) groups is 1. The number of amides is 2. The van der Waals surface area contributed by atoms with E-state index in [1.54, 1.807) is 0 Å². The maximum atomic E-state index is 12.8. The number of fused-ring (bicyclic) bond motifs is 1. The van der Waals surface area contributed by atoms with Gasteiger partial charge in [0.25, 0.3) is 0 Å². The monoisotopic (exact) mass is 471 g/mol. The van der Waals surface area contributed by atoms with Crippen LogP contribution in [-0.4, -0.2) is 51.8 Å². The third kappa shape index (κ3) is 4.43. The highest BCUT2D eigenvalue weighted by Crippen LogP contribution is 2.31. The zero-order chi connectivity index (χ0) is 23.9. The van der Waals surface area contributed by atoms with Gasteiger partial charge >= 0.3 is 12.2 Å². The minimum absolute atomic E-state index is 0.0896. The fraction of sp³-hybridized carbons (Fsp3) is 0.348. The molecule has 1 saturated heterocycles. The Hall–Kier alpha value is -3.60. The molecule has 0 saturated carbocycles. The normalized spacial score (nSPS) is 18.9. The van der Waals surface area contributed by atoms with Crippen LogP contribution in [0.5, 0.6) is 0 Å². The highest BCUT2D eigenvalue weighted by molar-refractivity contribution is 5.92. The fourth-order valence-electron chi connectivity index (χ4n) is 4.52. The molecule has 8 nitrogen and oxygen atoms in total. The van der Waals surface area contributed by atoms with E-state index in [0.717, 1.165) is 53.4 Å². The quantitative estimate of drug-likeness (QED) is 0.538. The van der Waals surface area contributed by atoms with Crippen LogP contribution >= 0.6 is 0 Å². The van der Waals surface area contributed by atoms with Crippen molar-refractivity contribution < 1.29 is 18.0 Å². The Kier molecular flexibility index (Phi) is 5.64. The van der Waals surface area contributed by atoms with E-state index in [2.05, 4.69) is 30.7 Å². The average molecular weight is 471 g/mol. The van der Waals surface area contributed by atoms with Crippen LogP contribution in [0.2, 0.25) is 0 Å². The molecule has 2 amide bonds. The number of anilines is 2. The van der Waals surface area contributed by atoms with Crippen LogP contribution in [0.25, 0.3) is 11.3 Å². The lowest BCUT2D eigenvalue weighted by Crippen LogP contribution is -2.51. The Balaban J connectivity index is 1.26. The molecule has 0 spiro atoms. The van der Waals surface area contributed by atoms with Gasteiger partial charge in [-0.25, -0.2) is 9.78 Å². The molecule has 0 bridgehead atoms. The van der Waals surface area contributed by atoms with E-state index in [9.17, 15) is 18.0 Å². The van der Waals surface area contributed by atoms with Crippen LogP contribution in [-0.2, 0) is 19.3 Å². The standard InChI is InChI=1S/C23H24F3N7O/c1-14-12-32(6-7-33(14)20-5-3-18(11-27-20)23(24,25)26)13-17-10-29-31-21(17)15-2-4-19-16(8-15)9-28-22(34)30-19/h2-5,8,10-11,14H,6-7,9,12-13H2,1H3,(H,29,31)(H2,28,30,34)/t14-/m1/s1. The number of benzene rings is 1. The smallest absolute Gasteiger partial charge is 0.351 e. The first kappa shape index (κ1) is 22.2. The number of urea groups is 1. The Bertz CT molecular complexity index is 1190. The number of carbonyl (C=O) groups excluding carboxylic acids is 1. The second-order valence-electron chi connectivity index (χ2n) is 8.62. The molecule has 2 aliphatic rings. The molecular formula is C23H24F3N7O. The lowest BCUT2D eigenvalue weighted by molar-refractivity contribution is -0.137. The molecule has 178 valence electrons. The van der Waals surface area contributed by atoms with Gasteiger partial charge in [0, 0.05) is 68.0 Å². The van der Waals surface area contributed by atoms with E-state index < -0.39 is 11.7 Å². The van der Waals surface area contributed by atoms with Gasteiger partial charge in [0.05, 0.1) is 11.3 Å². The summed E-state index contributed by atoms with van der Waals surface area (Å²) in [5.74, 6) is 0.555. The number of aromatic nitrogens is 3. The van der Waals surface area contributed by atoms with Crippen LogP contribution < -0.4 is 15.5 Å². The van der Waals surface area contributed by atoms with Gasteiger partial charge in [0.1, 0.15) is 5.82 Å². The molecule has 3 N–H and O–H groups in total. The summed E-state index contributed by atoms with van der Waals surface area (Å²) in [4.78, 5) is 19.9. The van der Waals surface area contributed by atoms with E-state index in [1.165, 1.54) is 6.07 Å². The summed E-state index contributed by atoms with van der Waals surface area (Å²) in [6, 6.07) is 8.26. The van der Waals surface area contributed by atoms with Crippen molar-refractivity contribution in [3.8, 4) is 11.3 Å². The number of hydrogen-bond donors (Lipinski definition) is 3. The first-order valence-corrected chi connectivity index (χ1v) is 11.0. The molecule has 1 aromatic carbocycles. The summed E-state index contributed by atoms with van der Waals surface area (Å²) in [6.45, 7) is 5.36. The van der Waals surface area contributed by atoms with E-state index in [1.807, 2.05) is 36.2 Å². The minimum atomic E-state index is -4.39. The predicted molar refractivity (Wildman–Crippen MR) is 121 cm³/mol. The maximum absolute atomic E-state index is 12.8. The summed E-state index contributed by atoms with van der Waals surface area (Å²) in [6.07, 6.45) is -1.60. The van der Waals surface area contributed by atoms with E-state index in [-0.39, 0.29) is 12.1 Å². The molecule has 2 aliphatic heterocycles. The first-order chi connectivity index (χ1) is 16.3. The number of hydrogen-bond acceptors (Lipinski definition) is 5. The second kappa shape index (κ2) is 8.64. The van der Waals surface area contributed by atoms with Gasteiger partial charge in [0.15, 0.2) is 0 Å². The minimum Gasteiger partial charge on any atom is -0.351 e. The number of nitrogens with one attached hydrogen (secondary N) is 3. The molecule has 4 heterocycles. The van der Waals surface area contributed by atoms with Gasteiger partial charge < -0.3 is 15.5 Å². The highest BCUT2D eigenvalue weighted by Gasteiger charge is 2.32. The van der Waals surface area contributed by atoms with Crippen molar-refractivity contribution in [2.75, 3.05) is 29.9 Å². The summed E-state index contributed by atoms with van der Waals surface area (Å²) in [5.41, 5.74) is 3.94. The van der Waals surface area contributed by atoms with Crippen LogP contribution in [0.15, 0.2) is 42.7 Å². The van der Waals surface area contributed by atoms with Crippen LogP contribution in [0.4, 0.5) is 29.5 Å². The summed E-state index contributed by atoms with van der Waals surface area (Å²) < 4.78 is 38.5. The van der Waals surface area contributed by atoms with Crippen LogP contribution in [0, 0.1) is 0 Å².